The van der Waals surface area contributed by atoms with Gasteiger partial charge in [0.25, 0.3) is 0 Å². The Balaban J connectivity index is 0.00000289. The van der Waals surface area contributed by atoms with E-state index >= 15 is 0 Å². The molecule has 0 heterocycles. The number of rotatable bonds is 6. The number of amides is 1. The number of nitrogens with one attached hydrogen (secondary N) is 1. The number of halogens is 1. The molecule has 0 aliphatic heterocycles. The maximum Gasteiger partial charge on any atom is 0.248 e. The Morgan fingerprint density at radius 2 is 1.94 bits per heavy atom. The number of ether oxygens (including phenoxy) is 1. The van der Waals surface area contributed by atoms with Crippen molar-refractivity contribution in [2.75, 3.05) is 13.1 Å². The van der Waals surface area contributed by atoms with Crippen LogP contribution in [0, 0.1) is 0 Å². The van der Waals surface area contributed by atoms with Crippen molar-refractivity contribution in [1.82, 2.24) is 5.32 Å². The summed E-state index contributed by atoms with van der Waals surface area (Å²) >= 11 is 0. The lowest BCUT2D eigenvalue weighted by Gasteiger charge is -2.20. The summed E-state index contributed by atoms with van der Waals surface area (Å²) in [5, 5.41) is 2.84. The summed E-state index contributed by atoms with van der Waals surface area (Å²) in [6.45, 7) is 3.09. The van der Waals surface area contributed by atoms with Gasteiger partial charge in [0.05, 0.1) is 6.10 Å². The van der Waals surface area contributed by atoms with E-state index in [9.17, 15) is 4.79 Å². The lowest BCUT2D eigenvalue weighted by atomic mass is 10.1. The zero-order valence-electron chi connectivity index (χ0n) is 11.3. The first-order valence-electron chi connectivity index (χ1n) is 6.87. The molecule has 0 radical (unpaired) electrons. The molecule has 1 unspecified atom stereocenters. The molecule has 1 aliphatic carbocycles. The quantitative estimate of drug-likeness (QED) is 0.577. The molecule has 5 heteroatoms. The third kappa shape index (κ3) is 7.19. The van der Waals surface area contributed by atoms with Crippen molar-refractivity contribution in [1.29, 1.82) is 0 Å². The van der Waals surface area contributed by atoms with E-state index in [1.54, 1.807) is 0 Å². The Bertz CT molecular complexity index is 219. The van der Waals surface area contributed by atoms with Crippen LogP contribution in [0.4, 0.5) is 0 Å². The molecule has 1 amide bonds. The fraction of sp³-hybridized carbons (Fsp3) is 0.923. The minimum absolute atomic E-state index is 0. The predicted octanol–water partition coefficient (Wildman–Crippen LogP) is 2.00. The van der Waals surface area contributed by atoms with Gasteiger partial charge in [-0.3, -0.25) is 4.79 Å². The van der Waals surface area contributed by atoms with Gasteiger partial charge in [-0.25, -0.2) is 0 Å². The molecule has 0 aromatic heterocycles. The number of carbonyl (C=O) groups excluding carboxylic acids is 1. The fourth-order valence-corrected chi connectivity index (χ4v) is 2.19. The van der Waals surface area contributed by atoms with Crippen LogP contribution in [0.25, 0.3) is 0 Å². The van der Waals surface area contributed by atoms with Gasteiger partial charge in [0.2, 0.25) is 5.91 Å². The maximum absolute atomic E-state index is 11.7. The van der Waals surface area contributed by atoms with E-state index in [1.807, 2.05) is 6.92 Å². The molecule has 0 spiro atoms. The fourth-order valence-electron chi connectivity index (χ4n) is 2.19. The van der Waals surface area contributed by atoms with E-state index in [1.165, 1.54) is 25.7 Å². The van der Waals surface area contributed by atoms with Crippen molar-refractivity contribution >= 4 is 18.3 Å². The second-order valence-electron chi connectivity index (χ2n) is 4.83. The molecule has 1 aliphatic rings. The Labute approximate surface area is 116 Å². The predicted molar refractivity (Wildman–Crippen MR) is 76.0 cm³/mol. The van der Waals surface area contributed by atoms with Crippen LogP contribution in [0.5, 0.6) is 0 Å². The maximum atomic E-state index is 11.7. The van der Waals surface area contributed by atoms with Crippen LogP contribution in [0.3, 0.4) is 0 Å². The monoisotopic (exact) mass is 278 g/mol. The van der Waals surface area contributed by atoms with Crippen LogP contribution in [0.2, 0.25) is 0 Å². The van der Waals surface area contributed by atoms with E-state index in [2.05, 4.69) is 5.32 Å². The SMILES string of the molecule is CC(OC1CCCCCC1)C(=O)NCCCN.Cl. The average Bonchev–Trinajstić information content (AvgIpc) is 2.57. The second kappa shape index (κ2) is 10.6. The highest BCUT2D eigenvalue weighted by Crippen LogP contribution is 2.20. The minimum Gasteiger partial charge on any atom is -0.365 e. The van der Waals surface area contributed by atoms with Gasteiger partial charge < -0.3 is 15.8 Å². The molecule has 0 saturated heterocycles. The molecule has 1 saturated carbocycles. The van der Waals surface area contributed by atoms with Crippen LogP contribution >= 0.6 is 12.4 Å². The summed E-state index contributed by atoms with van der Waals surface area (Å²) in [6, 6.07) is 0. The zero-order chi connectivity index (χ0) is 12.5. The Kier molecular flexibility index (Phi) is 10.4. The lowest BCUT2D eigenvalue weighted by Crippen LogP contribution is -2.37. The third-order valence-electron chi connectivity index (χ3n) is 3.25. The summed E-state index contributed by atoms with van der Waals surface area (Å²) in [5.41, 5.74) is 5.38. The first-order valence-corrected chi connectivity index (χ1v) is 6.87. The van der Waals surface area contributed by atoms with Crippen molar-refractivity contribution in [3.63, 3.8) is 0 Å². The van der Waals surface area contributed by atoms with E-state index in [4.69, 9.17) is 10.5 Å². The lowest BCUT2D eigenvalue weighted by molar-refractivity contribution is -0.135. The van der Waals surface area contributed by atoms with Gasteiger partial charge in [-0.05, 0) is 32.7 Å². The van der Waals surface area contributed by atoms with Crippen molar-refractivity contribution in [2.24, 2.45) is 5.73 Å². The Morgan fingerprint density at radius 3 is 2.50 bits per heavy atom. The highest BCUT2D eigenvalue weighted by molar-refractivity contribution is 5.85. The molecule has 0 aromatic rings. The average molecular weight is 279 g/mol. The van der Waals surface area contributed by atoms with E-state index in [0.717, 1.165) is 19.3 Å². The molecule has 1 rings (SSSR count). The number of carbonyl (C=O) groups is 1. The normalized spacial score (nSPS) is 18.6. The van der Waals surface area contributed by atoms with Crippen LogP contribution in [0.1, 0.15) is 51.9 Å². The second-order valence-corrected chi connectivity index (χ2v) is 4.83. The van der Waals surface area contributed by atoms with E-state index in [0.29, 0.717) is 13.1 Å². The first-order chi connectivity index (χ1) is 8.24. The molecule has 0 bridgehead atoms. The highest BCUT2D eigenvalue weighted by Gasteiger charge is 2.19. The Hall–Kier alpha value is -0.320. The first kappa shape index (κ1) is 17.7. The van der Waals surface area contributed by atoms with Gasteiger partial charge in [-0.2, -0.15) is 0 Å². The molecule has 0 aromatic carbocycles. The standard InChI is InChI=1S/C13H26N2O2.ClH/c1-11(13(16)15-10-6-9-14)17-12-7-4-2-3-5-8-12;/h11-12H,2-10,14H2,1H3,(H,15,16);1H. The van der Waals surface area contributed by atoms with Crippen LogP contribution in [-0.4, -0.2) is 31.2 Å². The largest absolute Gasteiger partial charge is 0.365 e. The van der Waals surface area contributed by atoms with Gasteiger partial charge in [0, 0.05) is 6.54 Å². The molecule has 108 valence electrons. The van der Waals surface area contributed by atoms with Gasteiger partial charge >= 0.3 is 0 Å². The molecular weight excluding hydrogens is 252 g/mol. The molecular formula is C13H27ClN2O2. The van der Waals surface area contributed by atoms with Crippen molar-refractivity contribution in [3.8, 4) is 0 Å². The van der Waals surface area contributed by atoms with Crippen molar-refractivity contribution in [3.05, 3.63) is 0 Å². The minimum atomic E-state index is -0.337. The smallest absolute Gasteiger partial charge is 0.248 e. The summed E-state index contributed by atoms with van der Waals surface area (Å²) < 4.78 is 5.82. The molecule has 3 N–H and O–H groups in total. The van der Waals surface area contributed by atoms with Crippen LogP contribution < -0.4 is 11.1 Å². The van der Waals surface area contributed by atoms with E-state index < -0.39 is 0 Å². The molecule has 4 nitrogen and oxygen atoms in total. The summed E-state index contributed by atoms with van der Waals surface area (Å²) in [6.07, 6.45) is 8.01. The van der Waals surface area contributed by atoms with Crippen LogP contribution in [-0.2, 0) is 9.53 Å². The molecule has 1 fully saturated rings. The van der Waals surface area contributed by atoms with Crippen molar-refractivity contribution < 1.29 is 9.53 Å². The zero-order valence-corrected chi connectivity index (χ0v) is 12.1. The number of hydrogen-bond donors (Lipinski definition) is 2. The number of nitrogens with two attached hydrogens (primary N) is 1. The summed E-state index contributed by atoms with van der Waals surface area (Å²) in [7, 11) is 0. The summed E-state index contributed by atoms with van der Waals surface area (Å²) in [4.78, 5) is 11.7. The van der Waals surface area contributed by atoms with Gasteiger partial charge in [-0.15, -0.1) is 12.4 Å². The third-order valence-corrected chi connectivity index (χ3v) is 3.25. The van der Waals surface area contributed by atoms with Crippen molar-refractivity contribution in [2.45, 2.75) is 64.1 Å². The van der Waals surface area contributed by atoms with E-state index in [-0.39, 0.29) is 30.5 Å². The topological polar surface area (TPSA) is 64.3 Å². The molecule has 18 heavy (non-hydrogen) atoms. The Morgan fingerprint density at radius 1 is 1.33 bits per heavy atom. The van der Waals surface area contributed by atoms with Crippen LogP contribution in [0.15, 0.2) is 0 Å². The summed E-state index contributed by atoms with van der Waals surface area (Å²) in [5.74, 6) is -0.0114. The van der Waals surface area contributed by atoms with Gasteiger partial charge in [0.1, 0.15) is 6.10 Å². The van der Waals surface area contributed by atoms with Gasteiger partial charge in [0.15, 0.2) is 0 Å². The number of hydrogen-bond acceptors (Lipinski definition) is 3. The molecule has 1 atom stereocenters. The van der Waals surface area contributed by atoms with Gasteiger partial charge in [-0.1, -0.05) is 25.7 Å². The highest BCUT2D eigenvalue weighted by atomic mass is 35.5.